The zero-order chi connectivity index (χ0) is 13.8. The molecule has 20 heavy (non-hydrogen) atoms. The van der Waals surface area contributed by atoms with Gasteiger partial charge in [0.2, 0.25) is 0 Å². The van der Waals surface area contributed by atoms with Crippen molar-refractivity contribution in [1.82, 2.24) is 4.98 Å². The van der Waals surface area contributed by atoms with E-state index in [0.717, 1.165) is 23.4 Å². The average Bonchev–Trinajstić information content (AvgIpc) is 3.11. The summed E-state index contributed by atoms with van der Waals surface area (Å²) in [7, 11) is 0. The molecule has 0 aliphatic carbocycles. The topological polar surface area (TPSA) is 52.3 Å². The normalized spacial score (nSPS) is 10.8. The van der Waals surface area contributed by atoms with Crippen LogP contribution in [0.3, 0.4) is 0 Å². The minimum absolute atomic E-state index is 0.344. The third kappa shape index (κ3) is 2.88. The minimum atomic E-state index is -0.344. The Balaban J connectivity index is 1.49. The third-order valence-electron chi connectivity index (χ3n) is 2.86. The molecular formula is C15H13NO3S. The molecule has 5 heteroatoms. The molecule has 3 aromatic rings. The van der Waals surface area contributed by atoms with Crippen molar-refractivity contribution in [3.8, 4) is 0 Å². The van der Waals surface area contributed by atoms with Gasteiger partial charge in [0.25, 0.3) is 0 Å². The quantitative estimate of drug-likeness (QED) is 0.530. The van der Waals surface area contributed by atoms with Gasteiger partial charge in [-0.05, 0) is 24.6 Å². The van der Waals surface area contributed by atoms with Crippen LogP contribution in [0.25, 0.3) is 10.2 Å². The number of para-hydroxylation sites is 1. The predicted octanol–water partition coefficient (Wildman–Crippen LogP) is 3.68. The molecule has 4 nitrogen and oxygen atoms in total. The van der Waals surface area contributed by atoms with E-state index in [0.29, 0.717) is 12.2 Å². The van der Waals surface area contributed by atoms with Crippen LogP contribution in [0.4, 0.5) is 0 Å². The van der Waals surface area contributed by atoms with E-state index in [2.05, 4.69) is 11.1 Å². The van der Waals surface area contributed by atoms with Gasteiger partial charge in [0.05, 0.1) is 33.7 Å². The van der Waals surface area contributed by atoms with Crippen LogP contribution in [0.1, 0.15) is 21.8 Å². The van der Waals surface area contributed by atoms with Gasteiger partial charge in [0, 0.05) is 6.42 Å². The van der Waals surface area contributed by atoms with E-state index in [-0.39, 0.29) is 5.97 Å². The lowest BCUT2D eigenvalue weighted by atomic mass is 10.3. The van der Waals surface area contributed by atoms with Crippen molar-refractivity contribution in [2.75, 3.05) is 6.61 Å². The first-order valence-electron chi connectivity index (χ1n) is 6.37. The van der Waals surface area contributed by atoms with Crippen molar-refractivity contribution >= 4 is 27.5 Å². The second-order valence-electron chi connectivity index (χ2n) is 4.33. The van der Waals surface area contributed by atoms with Crippen LogP contribution in [-0.2, 0) is 11.2 Å². The number of carbonyl (C=O) groups excluding carboxylic acids is 1. The van der Waals surface area contributed by atoms with Crippen LogP contribution in [0.15, 0.2) is 47.3 Å². The summed E-state index contributed by atoms with van der Waals surface area (Å²) in [4.78, 5) is 16.1. The molecule has 0 fully saturated rings. The Hall–Kier alpha value is -2.14. The predicted molar refractivity (Wildman–Crippen MR) is 76.9 cm³/mol. The Morgan fingerprint density at radius 3 is 3.00 bits per heavy atom. The van der Waals surface area contributed by atoms with Gasteiger partial charge in [-0.15, -0.1) is 11.3 Å². The number of benzene rings is 1. The van der Waals surface area contributed by atoms with E-state index in [9.17, 15) is 4.79 Å². The molecule has 0 atom stereocenters. The van der Waals surface area contributed by atoms with Crippen LogP contribution < -0.4 is 0 Å². The second-order valence-corrected chi connectivity index (χ2v) is 5.44. The molecule has 0 aliphatic heterocycles. The van der Waals surface area contributed by atoms with E-state index >= 15 is 0 Å². The highest BCUT2D eigenvalue weighted by atomic mass is 32.1. The second kappa shape index (κ2) is 5.88. The molecule has 0 radical (unpaired) electrons. The fourth-order valence-corrected chi connectivity index (χ4v) is 2.89. The minimum Gasteiger partial charge on any atom is -0.472 e. The maximum atomic E-state index is 11.6. The van der Waals surface area contributed by atoms with E-state index in [4.69, 9.17) is 9.15 Å². The summed E-state index contributed by atoms with van der Waals surface area (Å²) >= 11 is 1.69. The molecule has 0 saturated heterocycles. The Bertz CT molecular complexity index is 670. The molecule has 3 rings (SSSR count). The third-order valence-corrected chi connectivity index (χ3v) is 3.96. The molecule has 0 N–H and O–H groups in total. The molecule has 0 aliphatic rings. The first-order valence-corrected chi connectivity index (χ1v) is 7.18. The molecular weight excluding hydrogens is 274 g/mol. The van der Waals surface area contributed by atoms with Crippen molar-refractivity contribution in [3.05, 3.63) is 53.4 Å². The fraction of sp³-hybridized carbons (Fsp3) is 0.200. The smallest absolute Gasteiger partial charge is 0.341 e. The number of rotatable bonds is 5. The van der Waals surface area contributed by atoms with E-state index < -0.39 is 0 Å². The standard InChI is InChI=1S/C15H13NO3S/c17-15(11-7-9-18-10-11)19-8-3-6-14-16-12-4-1-2-5-13(12)20-14/h1-2,4-5,7,9-10H,3,6,8H2. The molecule has 0 bridgehead atoms. The van der Waals surface area contributed by atoms with Gasteiger partial charge in [-0.1, -0.05) is 12.1 Å². The summed E-state index contributed by atoms with van der Waals surface area (Å²) in [5, 5.41) is 1.07. The number of aryl methyl sites for hydroxylation is 1. The van der Waals surface area contributed by atoms with Gasteiger partial charge in [0.15, 0.2) is 0 Å². The van der Waals surface area contributed by atoms with E-state index in [1.54, 1.807) is 17.4 Å². The number of nitrogens with zero attached hydrogens (tertiary/aromatic N) is 1. The summed E-state index contributed by atoms with van der Waals surface area (Å²) in [5.41, 5.74) is 1.48. The van der Waals surface area contributed by atoms with Crippen molar-refractivity contribution in [2.45, 2.75) is 12.8 Å². The molecule has 0 spiro atoms. The van der Waals surface area contributed by atoms with Gasteiger partial charge in [0.1, 0.15) is 6.26 Å². The van der Waals surface area contributed by atoms with E-state index in [1.807, 2.05) is 18.2 Å². The molecule has 0 saturated carbocycles. The van der Waals surface area contributed by atoms with Crippen molar-refractivity contribution in [2.24, 2.45) is 0 Å². The van der Waals surface area contributed by atoms with Gasteiger partial charge in [-0.2, -0.15) is 0 Å². The van der Waals surface area contributed by atoms with Crippen LogP contribution in [-0.4, -0.2) is 17.6 Å². The van der Waals surface area contributed by atoms with E-state index in [1.165, 1.54) is 17.2 Å². The number of hydrogen-bond acceptors (Lipinski definition) is 5. The number of fused-ring (bicyclic) bond motifs is 1. The molecule has 0 amide bonds. The number of ether oxygens (including phenoxy) is 1. The van der Waals surface area contributed by atoms with Crippen LogP contribution >= 0.6 is 11.3 Å². The first-order chi connectivity index (χ1) is 9.83. The maximum Gasteiger partial charge on any atom is 0.341 e. The molecule has 0 unspecified atom stereocenters. The van der Waals surface area contributed by atoms with Crippen LogP contribution in [0.2, 0.25) is 0 Å². The Morgan fingerprint density at radius 1 is 1.30 bits per heavy atom. The summed E-state index contributed by atoms with van der Waals surface area (Å²) in [5.74, 6) is -0.344. The molecule has 1 aromatic carbocycles. The molecule has 2 aromatic heterocycles. The van der Waals surface area contributed by atoms with Crippen molar-refractivity contribution in [1.29, 1.82) is 0 Å². The molecule has 102 valence electrons. The fourth-order valence-electron chi connectivity index (χ4n) is 1.88. The van der Waals surface area contributed by atoms with Crippen molar-refractivity contribution < 1.29 is 13.9 Å². The number of furan rings is 1. The highest BCUT2D eigenvalue weighted by Gasteiger charge is 2.08. The summed E-state index contributed by atoms with van der Waals surface area (Å²) in [6, 6.07) is 9.66. The Labute approximate surface area is 120 Å². The monoisotopic (exact) mass is 287 g/mol. The van der Waals surface area contributed by atoms with Gasteiger partial charge in [-0.25, -0.2) is 9.78 Å². The lowest BCUT2D eigenvalue weighted by molar-refractivity contribution is 0.0500. The van der Waals surface area contributed by atoms with Crippen LogP contribution in [0, 0.1) is 0 Å². The number of hydrogen-bond donors (Lipinski definition) is 0. The number of aromatic nitrogens is 1. The lowest BCUT2D eigenvalue weighted by Crippen LogP contribution is -2.05. The molecule has 2 heterocycles. The van der Waals surface area contributed by atoms with Gasteiger partial charge >= 0.3 is 5.97 Å². The number of esters is 1. The SMILES string of the molecule is O=C(OCCCc1nc2ccccc2s1)c1ccoc1. The highest BCUT2D eigenvalue weighted by Crippen LogP contribution is 2.22. The first kappa shape index (κ1) is 12.9. The van der Waals surface area contributed by atoms with Crippen molar-refractivity contribution in [3.63, 3.8) is 0 Å². The van der Waals surface area contributed by atoms with Crippen LogP contribution in [0.5, 0.6) is 0 Å². The highest BCUT2D eigenvalue weighted by molar-refractivity contribution is 7.18. The Kier molecular flexibility index (Phi) is 3.78. The zero-order valence-corrected chi connectivity index (χ0v) is 11.6. The average molecular weight is 287 g/mol. The zero-order valence-electron chi connectivity index (χ0n) is 10.7. The maximum absolute atomic E-state index is 11.6. The number of carbonyl (C=O) groups is 1. The van der Waals surface area contributed by atoms with Gasteiger partial charge < -0.3 is 9.15 Å². The summed E-state index contributed by atoms with van der Waals surface area (Å²) < 4.78 is 11.2. The Morgan fingerprint density at radius 2 is 2.20 bits per heavy atom. The lowest BCUT2D eigenvalue weighted by Gasteiger charge is -2.01. The largest absolute Gasteiger partial charge is 0.472 e. The summed E-state index contributed by atoms with van der Waals surface area (Å²) in [6.45, 7) is 0.389. The number of thiazole rings is 1. The van der Waals surface area contributed by atoms with Gasteiger partial charge in [-0.3, -0.25) is 0 Å². The summed E-state index contributed by atoms with van der Waals surface area (Å²) in [6.07, 6.45) is 4.43.